The van der Waals surface area contributed by atoms with Gasteiger partial charge in [0.05, 0.1) is 19.8 Å². The lowest BCUT2D eigenvalue weighted by molar-refractivity contribution is -0.333. The summed E-state index contributed by atoms with van der Waals surface area (Å²) >= 11 is 0. The van der Waals surface area contributed by atoms with Crippen molar-refractivity contribution in [2.45, 2.75) is 13.2 Å². The highest BCUT2D eigenvalue weighted by Crippen LogP contribution is 2.21. The Morgan fingerprint density at radius 3 is 2.50 bits per heavy atom. The van der Waals surface area contributed by atoms with E-state index in [2.05, 4.69) is 4.74 Å². The Hall–Kier alpha value is -0.260. The number of hydrogen-bond acceptors (Lipinski definition) is 3. The van der Waals surface area contributed by atoms with E-state index in [4.69, 9.17) is 4.74 Å². The molecule has 0 aliphatic carbocycles. The fourth-order valence-corrected chi connectivity index (χ4v) is 1.09. The van der Waals surface area contributed by atoms with E-state index in [0.717, 1.165) is 4.90 Å². The van der Waals surface area contributed by atoms with Crippen LogP contribution >= 0.6 is 0 Å². The molecule has 0 N–H and O–H groups in total. The van der Waals surface area contributed by atoms with Crippen molar-refractivity contribution in [2.75, 3.05) is 32.9 Å². The molecule has 5 heteroatoms. The number of rotatable bonds is 3. The van der Waals surface area contributed by atoms with Gasteiger partial charge in [-0.05, 0) is 6.92 Å². The van der Waals surface area contributed by atoms with Gasteiger partial charge in [0, 0.05) is 13.1 Å². The monoisotopic (exact) mass is 181 g/mol. The quantitative estimate of drug-likeness (QED) is 0.604. The van der Waals surface area contributed by atoms with Crippen LogP contribution in [0.5, 0.6) is 0 Å². The zero-order valence-corrected chi connectivity index (χ0v) is 7.06. The predicted molar refractivity (Wildman–Crippen MR) is 39.0 cm³/mol. The molecule has 0 spiro atoms. The lowest BCUT2D eigenvalue weighted by Gasteiger charge is -2.32. The van der Waals surface area contributed by atoms with E-state index in [0.29, 0.717) is 13.2 Å². The fourth-order valence-electron chi connectivity index (χ4n) is 1.09. The summed E-state index contributed by atoms with van der Waals surface area (Å²) < 4.78 is 35.2. The standard InChI is InChI=1S/C7H13F2NO2/c1-2-12-7(8,9)10-3-5-11-6-4-10/h2-6H2,1H3. The van der Waals surface area contributed by atoms with Gasteiger partial charge in [-0.1, -0.05) is 0 Å². The Morgan fingerprint density at radius 2 is 2.00 bits per heavy atom. The second kappa shape index (κ2) is 4.11. The molecule has 1 aliphatic heterocycles. The summed E-state index contributed by atoms with van der Waals surface area (Å²) in [5.41, 5.74) is 0. The summed E-state index contributed by atoms with van der Waals surface area (Å²) in [5.74, 6) is 0. The molecule has 0 unspecified atom stereocenters. The van der Waals surface area contributed by atoms with E-state index < -0.39 is 6.23 Å². The van der Waals surface area contributed by atoms with Crippen LogP contribution in [0.15, 0.2) is 0 Å². The van der Waals surface area contributed by atoms with E-state index in [1.54, 1.807) is 6.92 Å². The van der Waals surface area contributed by atoms with Crippen LogP contribution in [0.3, 0.4) is 0 Å². The van der Waals surface area contributed by atoms with Crippen LogP contribution in [0.25, 0.3) is 0 Å². The molecule has 0 atom stereocenters. The summed E-state index contributed by atoms with van der Waals surface area (Å²) in [7, 11) is 0. The summed E-state index contributed by atoms with van der Waals surface area (Å²) in [6.45, 7) is 2.73. The van der Waals surface area contributed by atoms with Crippen LogP contribution in [-0.2, 0) is 9.47 Å². The van der Waals surface area contributed by atoms with Crippen LogP contribution in [0, 0.1) is 0 Å². The van der Waals surface area contributed by atoms with Crippen molar-refractivity contribution < 1.29 is 18.3 Å². The van der Waals surface area contributed by atoms with Crippen LogP contribution in [0.1, 0.15) is 6.92 Å². The maximum absolute atomic E-state index is 13.0. The Morgan fingerprint density at radius 1 is 1.42 bits per heavy atom. The first-order valence-electron chi connectivity index (χ1n) is 4.01. The molecule has 1 fully saturated rings. The minimum atomic E-state index is -3.13. The van der Waals surface area contributed by atoms with Crippen LogP contribution < -0.4 is 0 Å². The van der Waals surface area contributed by atoms with Crippen molar-refractivity contribution in [1.29, 1.82) is 0 Å². The highest BCUT2D eigenvalue weighted by molar-refractivity contribution is 4.64. The maximum Gasteiger partial charge on any atom is 0.424 e. The van der Waals surface area contributed by atoms with E-state index in [1.807, 2.05) is 0 Å². The first kappa shape index (κ1) is 9.83. The number of morpholine rings is 1. The molecule has 0 saturated carbocycles. The molecule has 1 aliphatic rings. The van der Waals surface area contributed by atoms with Gasteiger partial charge in [-0.25, -0.2) is 4.90 Å². The number of alkyl halides is 2. The smallest absolute Gasteiger partial charge is 0.379 e. The van der Waals surface area contributed by atoms with Gasteiger partial charge < -0.3 is 9.47 Å². The van der Waals surface area contributed by atoms with Gasteiger partial charge in [-0.15, -0.1) is 0 Å². The van der Waals surface area contributed by atoms with Crippen molar-refractivity contribution in [3.63, 3.8) is 0 Å². The van der Waals surface area contributed by atoms with Crippen molar-refractivity contribution in [3.8, 4) is 0 Å². The molecule has 3 nitrogen and oxygen atoms in total. The van der Waals surface area contributed by atoms with E-state index in [-0.39, 0.29) is 19.7 Å². The molecule has 0 aromatic rings. The highest BCUT2D eigenvalue weighted by Gasteiger charge is 2.38. The average molecular weight is 181 g/mol. The molecule has 0 aromatic heterocycles. The first-order valence-corrected chi connectivity index (χ1v) is 4.01. The molecule has 72 valence electrons. The number of ether oxygens (including phenoxy) is 2. The van der Waals surface area contributed by atoms with Gasteiger partial charge >= 0.3 is 6.23 Å². The molecular formula is C7H13F2NO2. The summed E-state index contributed by atoms with van der Waals surface area (Å²) in [6.07, 6.45) is -3.13. The summed E-state index contributed by atoms with van der Waals surface area (Å²) in [5, 5.41) is 0. The zero-order chi connectivity index (χ0) is 9.03. The second-order valence-corrected chi connectivity index (χ2v) is 2.52. The molecule has 1 saturated heterocycles. The van der Waals surface area contributed by atoms with Gasteiger partial charge in [0.15, 0.2) is 0 Å². The molecule has 0 radical (unpaired) electrons. The predicted octanol–water partition coefficient (Wildman–Crippen LogP) is 0.905. The third kappa shape index (κ3) is 2.36. The van der Waals surface area contributed by atoms with Gasteiger partial charge in [0.25, 0.3) is 0 Å². The zero-order valence-electron chi connectivity index (χ0n) is 7.06. The lowest BCUT2D eigenvalue weighted by Crippen LogP contribution is -2.49. The SMILES string of the molecule is CCOC(F)(F)N1CCOCC1. The first-order chi connectivity index (χ1) is 5.67. The normalized spacial score (nSPS) is 21.2. The van der Waals surface area contributed by atoms with Gasteiger partial charge in [-0.2, -0.15) is 8.78 Å². The van der Waals surface area contributed by atoms with Crippen LogP contribution in [0.4, 0.5) is 8.78 Å². The summed E-state index contributed by atoms with van der Waals surface area (Å²) in [4.78, 5) is 0.986. The van der Waals surface area contributed by atoms with Gasteiger partial charge in [0.2, 0.25) is 0 Å². The van der Waals surface area contributed by atoms with Gasteiger partial charge in [-0.3, -0.25) is 0 Å². The van der Waals surface area contributed by atoms with Crippen LogP contribution in [-0.4, -0.2) is 44.0 Å². The van der Waals surface area contributed by atoms with Crippen LogP contribution in [0.2, 0.25) is 0 Å². The third-order valence-electron chi connectivity index (χ3n) is 1.70. The highest BCUT2D eigenvalue weighted by atomic mass is 19.3. The molecule has 1 heterocycles. The molecule has 0 amide bonds. The van der Waals surface area contributed by atoms with E-state index in [1.165, 1.54) is 0 Å². The summed E-state index contributed by atoms with van der Waals surface area (Å²) in [6, 6.07) is 0. The minimum absolute atomic E-state index is 0.0182. The average Bonchev–Trinajstić information content (AvgIpc) is 2.06. The maximum atomic E-state index is 13.0. The third-order valence-corrected chi connectivity index (χ3v) is 1.70. The Labute approximate surface area is 70.2 Å². The lowest BCUT2D eigenvalue weighted by atomic mass is 10.4. The van der Waals surface area contributed by atoms with E-state index >= 15 is 0 Å². The second-order valence-electron chi connectivity index (χ2n) is 2.52. The molecule has 1 rings (SSSR count). The fraction of sp³-hybridized carbons (Fsp3) is 1.00. The number of halogens is 2. The molecule has 0 aromatic carbocycles. The Bertz CT molecular complexity index is 137. The molecule has 12 heavy (non-hydrogen) atoms. The van der Waals surface area contributed by atoms with Crippen molar-refractivity contribution >= 4 is 0 Å². The molecular weight excluding hydrogens is 168 g/mol. The van der Waals surface area contributed by atoms with Crippen molar-refractivity contribution in [1.82, 2.24) is 4.90 Å². The number of nitrogens with zero attached hydrogens (tertiary/aromatic N) is 1. The van der Waals surface area contributed by atoms with Crippen molar-refractivity contribution in [3.05, 3.63) is 0 Å². The van der Waals surface area contributed by atoms with Gasteiger partial charge in [0.1, 0.15) is 0 Å². The van der Waals surface area contributed by atoms with E-state index in [9.17, 15) is 8.78 Å². The van der Waals surface area contributed by atoms with Crippen molar-refractivity contribution in [2.24, 2.45) is 0 Å². The topological polar surface area (TPSA) is 21.7 Å². The largest absolute Gasteiger partial charge is 0.424 e. The Balaban J connectivity index is 2.41. The number of hydrogen-bond donors (Lipinski definition) is 0. The minimum Gasteiger partial charge on any atom is -0.379 e. The molecule has 0 bridgehead atoms. The Kier molecular flexibility index (Phi) is 3.37.